The minimum Gasteiger partial charge on any atom is -0.456 e. The summed E-state index contributed by atoms with van der Waals surface area (Å²) in [6, 6.07) is 0. The predicted molar refractivity (Wildman–Crippen MR) is 73.5 cm³/mol. The van der Waals surface area contributed by atoms with Crippen LogP contribution < -0.4 is 0 Å². The lowest BCUT2D eigenvalue weighted by atomic mass is 10.1. The Bertz CT molecular complexity index is 551. The molecule has 1 aromatic rings. The van der Waals surface area contributed by atoms with E-state index in [1.54, 1.807) is 0 Å². The van der Waals surface area contributed by atoms with Gasteiger partial charge >= 0.3 is 11.9 Å². The Morgan fingerprint density at radius 2 is 1.95 bits per heavy atom. The number of nitrogens with one attached hydrogen (secondary N) is 1. The summed E-state index contributed by atoms with van der Waals surface area (Å²) in [6.45, 7) is 8.78. The Morgan fingerprint density at radius 1 is 1.30 bits per heavy atom. The van der Waals surface area contributed by atoms with Gasteiger partial charge in [0.1, 0.15) is 17.4 Å². The van der Waals surface area contributed by atoms with E-state index in [1.807, 2.05) is 27.7 Å². The van der Waals surface area contributed by atoms with E-state index in [1.165, 1.54) is 6.92 Å². The van der Waals surface area contributed by atoms with E-state index in [2.05, 4.69) is 4.98 Å². The van der Waals surface area contributed by atoms with Crippen molar-refractivity contribution in [2.24, 2.45) is 0 Å². The molecule has 1 heterocycles. The number of esters is 2. The first kappa shape index (κ1) is 14.6. The molecule has 0 radical (unpaired) electrons. The third-order valence-corrected chi connectivity index (χ3v) is 3.30. The van der Waals surface area contributed by atoms with Crippen molar-refractivity contribution in [2.45, 2.75) is 59.2 Å². The molecule has 110 valence electrons. The molecule has 1 atom stereocenters. The summed E-state index contributed by atoms with van der Waals surface area (Å²) in [6.07, 6.45) is 1.28. The average molecular weight is 279 g/mol. The molecule has 0 amide bonds. The number of hydrogen-bond donors (Lipinski definition) is 1. The summed E-state index contributed by atoms with van der Waals surface area (Å²) < 4.78 is 10.6. The molecular formula is C15H21NO4. The zero-order valence-electron chi connectivity index (χ0n) is 12.6. The highest BCUT2D eigenvalue weighted by atomic mass is 16.6. The maximum absolute atomic E-state index is 12.2. The van der Waals surface area contributed by atoms with Crippen LogP contribution in [0.4, 0.5) is 0 Å². The SMILES string of the molecule is CC(=O)OC1CCc2c1[nH]c(C(=O)OC(C)(C)C)c2C. The fourth-order valence-corrected chi connectivity index (χ4v) is 2.52. The van der Waals surface area contributed by atoms with Crippen LogP contribution in [0, 0.1) is 6.92 Å². The first-order valence-corrected chi connectivity index (χ1v) is 6.81. The molecule has 0 bridgehead atoms. The molecule has 1 aliphatic carbocycles. The van der Waals surface area contributed by atoms with Crippen molar-refractivity contribution >= 4 is 11.9 Å². The normalized spacial score (nSPS) is 17.8. The van der Waals surface area contributed by atoms with Gasteiger partial charge in [-0.05, 0) is 51.7 Å². The number of rotatable bonds is 2. The molecule has 0 spiro atoms. The number of carbonyl (C=O) groups is 2. The summed E-state index contributed by atoms with van der Waals surface area (Å²) in [5.41, 5.74) is 2.72. The molecular weight excluding hydrogens is 258 g/mol. The van der Waals surface area contributed by atoms with E-state index in [0.29, 0.717) is 5.69 Å². The smallest absolute Gasteiger partial charge is 0.355 e. The Labute approximate surface area is 118 Å². The van der Waals surface area contributed by atoms with Gasteiger partial charge in [-0.1, -0.05) is 0 Å². The largest absolute Gasteiger partial charge is 0.456 e. The van der Waals surface area contributed by atoms with E-state index >= 15 is 0 Å². The van der Waals surface area contributed by atoms with Crippen molar-refractivity contribution in [3.63, 3.8) is 0 Å². The lowest BCUT2D eigenvalue weighted by Gasteiger charge is -2.19. The molecule has 0 saturated heterocycles. The number of hydrogen-bond acceptors (Lipinski definition) is 4. The molecule has 5 heteroatoms. The Balaban J connectivity index is 2.27. The van der Waals surface area contributed by atoms with Gasteiger partial charge in [-0.3, -0.25) is 4.79 Å². The van der Waals surface area contributed by atoms with Gasteiger partial charge in [0.15, 0.2) is 0 Å². The summed E-state index contributed by atoms with van der Waals surface area (Å²) >= 11 is 0. The molecule has 20 heavy (non-hydrogen) atoms. The van der Waals surface area contributed by atoms with Crippen LogP contribution in [0.25, 0.3) is 0 Å². The average Bonchev–Trinajstić information content (AvgIpc) is 2.78. The van der Waals surface area contributed by atoms with Crippen LogP contribution in [-0.2, 0) is 20.7 Å². The van der Waals surface area contributed by atoms with Crippen LogP contribution in [-0.4, -0.2) is 22.5 Å². The van der Waals surface area contributed by atoms with Gasteiger partial charge in [-0.15, -0.1) is 0 Å². The van der Waals surface area contributed by atoms with E-state index in [0.717, 1.165) is 29.7 Å². The summed E-state index contributed by atoms with van der Waals surface area (Å²) in [7, 11) is 0. The summed E-state index contributed by atoms with van der Waals surface area (Å²) in [4.78, 5) is 26.3. The zero-order valence-corrected chi connectivity index (χ0v) is 12.6. The quantitative estimate of drug-likeness (QED) is 0.845. The zero-order chi connectivity index (χ0) is 15.1. The van der Waals surface area contributed by atoms with Crippen molar-refractivity contribution in [1.29, 1.82) is 0 Å². The van der Waals surface area contributed by atoms with Crippen LogP contribution >= 0.6 is 0 Å². The number of H-pyrrole nitrogens is 1. The van der Waals surface area contributed by atoms with Gasteiger partial charge in [0, 0.05) is 6.92 Å². The first-order chi connectivity index (χ1) is 9.19. The van der Waals surface area contributed by atoms with Crippen LogP contribution in [0.3, 0.4) is 0 Å². The minimum atomic E-state index is -0.533. The first-order valence-electron chi connectivity index (χ1n) is 6.81. The van der Waals surface area contributed by atoms with Gasteiger partial charge in [-0.2, -0.15) is 0 Å². The maximum atomic E-state index is 12.2. The van der Waals surface area contributed by atoms with E-state index in [-0.39, 0.29) is 18.0 Å². The molecule has 1 aliphatic rings. The van der Waals surface area contributed by atoms with Crippen LogP contribution in [0.1, 0.15) is 67.5 Å². The van der Waals surface area contributed by atoms with Gasteiger partial charge < -0.3 is 14.5 Å². The lowest BCUT2D eigenvalue weighted by Crippen LogP contribution is -2.24. The Kier molecular flexibility index (Phi) is 3.63. The Hall–Kier alpha value is -1.78. The van der Waals surface area contributed by atoms with Gasteiger partial charge in [0.2, 0.25) is 0 Å². The standard InChI is InChI=1S/C15H21NO4/c1-8-10-6-7-11(19-9(2)17)13(10)16-12(8)14(18)20-15(3,4)5/h11,16H,6-7H2,1-5H3. The second-order valence-corrected chi connectivity index (χ2v) is 6.16. The molecule has 5 nitrogen and oxygen atoms in total. The molecule has 0 fully saturated rings. The van der Waals surface area contributed by atoms with Crippen molar-refractivity contribution in [3.8, 4) is 0 Å². The Morgan fingerprint density at radius 3 is 2.50 bits per heavy atom. The van der Waals surface area contributed by atoms with E-state index in [9.17, 15) is 9.59 Å². The molecule has 0 aliphatic heterocycles. The maximum Gasteiger partial charge on any atom is 0.355 e. The number of ether oxygens (including phenoxy) is 2. The number of aromatic amines is 1. The highest BCUT2D eigenvalue weighted by molar-refractivity contribution is 5.90. The molecule has 0 aromatic carbocycles. The second-order valence-electron chi connectivity index (χ2n) is 6.16. The van der Waals surface area contributed by atoms with Gasteiger partial charge in [0.25, 0.3) is 0 Å². The van der Waals surface area contributed by atoms with E-state index < -0.39 is 5.60 Å². The molecule has 1 N–H and O–H groups in total. The summed E-state index contributed by atoms with van der Waals surface area (Å²) in [5, 5.41) is 0. The van der Waals surface area contributed by atoms with Crippen LogP contribution in [0.2, 0.25) is 0 Å². The fourth-order valence-electron chi connectivity index (χ4n) is 2.52. The summed E-state index contributed by atoms with van der Waals surface area (Å²) in [5.74, 6) is -0.681. The van der Waals surface area contributed by atoms with Gasteiger partial charge in [0.05, 0.1) is 5.69 Å². The van der Waals surface area contributed by atoms with Crippen LogP contribution in [0.5, 0.6) is 0 Å². The third kappa shape index (κ3) is 2.86. The van der Waals surface area contributed by atoms with Gasteiger partial charge in [-0.25, -0.2) is 4.79 Å². The number of carbonyl (C=O) groups excluding carboxylic acids is 2. The number of fused-ring (bicyclic) bond motifs is 1. The fraction of sp³-hybridized carbons (Fsp3) is 0.600. The molecule has 2 rings (SSSR count). The monoisotopic (exact) mass is 279 g/mol. The molecule has 0 saturated carbocycles. The highest BCUT2D eigenvalue weighted by Crippen LogP contribution is 2.37. The van der Waals surface area contributed by atoms with Crippen molar-refractivity contribution < 1.29 is 19.1 Å². The lowest BCUT2D eigenvalue weighted by molar-refractivity contribution is -0.146. The second kappa shape index (κ2) is 4.96. The highest BCUT2D eigenvalue weighted by Gasteiger charge is 2.32. The predicted octanol–water partition coefficient (Wildman–Crippen LogP) is 2.83. The molecule has 1 aromatic heterocycles. The topological polar surface area (TPSA) is 68.4 Å². The van der Waals surface area contributed by atoms with E-state index in [4.69, 9.17) is 9.47 Å². The van der Waals surface area contributed by atoms with Crippen molar-refractivity contribution in [2.75, 3.05) is 0 Å². The van der Waals surface area contributed by atoms with Crippen molar-refractivity contribution in [1.82, 2.24) is 4.98 Å². The molecule has 1 unspecified atom stereocenters. The number of aromatic nitrogens is 1. The third-order valence-electron chi connectivity index (χ3n) is 3.30. The van der Waals surface area contributed by atoms with Crippen LogP contribution in [0.15, 0.2) is 0 Å². The minimum absolute atomic E-state index is 0.280. The van der Waals surface area contributed by atoms with Crippen molar-refractivity contribution in [3.05, 3.63) is 22.5 Å².